The second kappa shape index (κ2) is 18.0. The number of carbonyl (C=O) groups excluding carboxylic acids is 2. The molecule has 0 aliphatic carbocycles. The summed E-state index contributed by atoms with van der Waals surface area (Å²) in [5.41, 5.74) is 0.489. The highest BCUT2D eigenvalue weighted by Crippen LogP contribution is 2.30. The Balaban J connectivity index is 0.000000347. The third kappa shape index (κ3) is 13.2. The number of aliphatic hydroxyl groups excluding tert-OH is 2. The second-order valence-electron chi connectivity index (χ2n) is 8.15. The van der Waals surface area contributed by atoms with Crippen molar-refractivity contribution in [2.45, 2.75) is 57.5 Å². The van der Waals surface area contributed by atoms with Crippen molar-refractivity contribution < 1.29 is 37.4 Å². The van der Waals surface area contributed by atoms with Crippen LogP contribution in [0.2, 0.25) is 10.0 Å². The lowest BCUT2D eigenvalue weighted by atomic mass is 10.1. The average Bonchev–Trinajstić information content (AvgIpc) is 3.62. The average molecular weight is 628 g/mol. The van der Waals surface area contributed by atoms with Crippen LogP contribution in [0.5, 0.6) is 0 Å². The van der Waals surface area contributed by atoms with E-state index in [9.17, 15) is 27.9 Å². The van der Waals surface area contributed by atoms with Gasteiger partial charge in [-0.3, -0.25) is 4.79 Å². The van der Waals surface area contributed by atoms with Gasteiger partial charge in [-0.25, -0.2) is 9.97 Å². The van der Waals surface area contributed by atoms with Crippen LogP contribution in [0.25, 0.3) is 11.5 Å². The largest absolute Gasteiger partial charge is 0.431 e. The number of benzene rings is 1. The lowest BCUT2D eigenvalue weighted by Gasteiger charge is -2.21. The van der Waals surface area contributed by atoms with Gasteiger partial charge in [0.1, 0.15) is 17.4 Å². The molecule has 0 saturated heterocycles. The van der Waals surface area contributed by atoms with Crippen LogP contribution in [-0.2, 0) is 4.79 Å². The van der Waals surface area contributed by atoms with E-state index >= 15 is 0 Å². The first-order valence-corrected chi connectivity index (χ1v) is 13.6. The van der Waals surface area contributed by atoms with Crippen molar-refractivity contribution in [1.82, 2.24) is 20.6 Å². The monoisotopic (exact) mass is 626 g/mol. The summed E-state index contributed by atoms with van der Waals surface area (Å²) >= 11 is 13.1. The zero-order valence-electron chi connectivity index (χ0n) is 21.9. The predicted octanol–water partition coefficient (Wildman–Crippen LogP) is 5.46. The second-order valence-corrected chi connectivity index (χ2v) is 9.92. The molecule has 0 aliphatic heterocycles. The zero-order chi connectivity index (χ0) is 30.3. The van der Waals surface area contributed by atoms with E-state index < -0.39 is 30.7 Å². The Morgan fingerprint density at radius 2 is 1.93 bits per heavy atom. The van der Waals surface area contributed by atoms with Crippen LogP contribution in [0.15, 0.2) is 40.4 Å². The number of alkyl halides is 3. The SMILES string of the molecule is CCC(C)O.CNC(CCC(F)(F)F)C(O)c1nccs1.O=CCNC(=O)c1cnc(-c2cc(Cl)ccc2Cl)o1. The summed E-state index contributed by atoms with van der Waals surface area (Å²) in [6, 6.07) is 4.19. The van der Waals surface area contributed by atoms with Crippen molar-refractivity contribution in [3.8, 4) is 11.5 Å². The maximum Gasteiger partial charge on any atom is 0.389 e. The Labute approximate surface area is 243 Å². The number of hydrogen-bond donors (Lipinski definition) is 4. The number of rotatable bonds is 10. The number of carbonyl (C=O) groups is 2. The molecule has 4 N–H and O–H groups in total. The maximum atomic E-state index is 12.0. The summed E-state index contributed by atoms with van der Waals surface area (Å²) in [6.45, 7) is 3.64. The number of nitrogens with one attached hydrogen (secondary N) is 2. The van der Waals surface area contributed by atoms with Gasteiger partial charge in [-0.15, -0.1) is 11.3 Å². The molecule has 222 valence electrons. The van der Waals surface area contributed by atoms with Crippen LogP contribution in [-0.4, -0.2) is 64.3 Å². The Morgan fingerprint density at radius 1 is 1.25 bits per heavy atom. The first-order chi connectivity index (χ1) is 18.8. The van der Waals surface area contributed by atoms with Gasteiger partial charge in [0.2, 0.25) is 11.7 Å². The molecular formula is C25H31Cl2F3N4O5S. The highest BCUT2D eigenvalue weighted by atomic mass is 35.5. The van der Waals surface area contributed by atoms with Crippen molar-refractivity contribution in [3.63, 3.8) is 0 Å². The summed E-state index contributed by atoms with van der Waals surface area (Å²) in [7, 11) is 1.53. The first-order valence-electron chi connectivity index (χ1n) is 11.9. The first kappa shape index (κ1) is 35.5. The van der Waals surface area contributed by atoms with E-state index in [-0.39, 0.29) is 30.7 Å². The van der Waals surface area contributed by atoms with Gasteiger partial charge in [0.15, 0.2) is 0 Å². The summed E-state index contributed by atoms with van der Waals surface area (Å²) in [6.07, 6.45) is -2.18. The number of aldehydes is 1. The molecule has 0 bridgehead atoms. The van der Waals surface area contributed by atoms with Gasteiger partial charge in [-0.2, -0.15) is 13.2 Å². The molecule has 3 atom stereocenters. The molecule has 1 aromatic carbocycles. The summed E-state index contributed by atoms with van der Waals surface area (Å²) in [5, 5.41) is 26.2. The van der Waals surface area contributed by atoms with Crippen molar-refractivity contribution in [2.75, 3.05) is 13.6 Å². The lowest BCUT2D eigenvalue weighted by molar-refractivity contribution is -0.138. The minimum absolute atomic E-state index is 0.00658. The van der Waals surface area contributed by atoms with Gasteiger partial charge in [0.25, 0.3) is 5.91 Å². The van der Waals surface area contributed by atoms with E-state index in [1.807, 2.05) is 6.92 Å². The summed E-state index contributed by atoms with van der Waals surface area (Å²) in [5.74, 6) is -0.347. The molecule has 0 saturated carbocycles. The number of amides is 1. The van der Waals surface area contributed by atoms with E-state index in [4.69, 9.17) is 32.7 Å². The Morgan fingerprint density at radius 3 is 2.45 bits per heavy atom. The van der Waals surface area contributed by atoms with Crippen molar-refractivity contribution in [2.24, 2.45) is 0 Å². The van der Waals surface area contributed by atoms with Gasteiger partial charge >= 0.3 is 6.18 Å². The number of aliphatic hydroxyl groups is 2. The molecular weight excluding hydrogens is 596 g/mol. The molecule has 0 aliphatic rings. The minimum atomic E-state index is -4.20. The van der Waals surface area contributed by atoms with Crippen molar-refractivity contribution >= 4 is 46.7 Å². The van der Waals surface area contributed by atoms with E-state index in [2.05, 4.69) is 20.6 Å². The fourth-order valence-electron chi connectivity index (χ4n) is 2.72. The van der Waals surface area contributed by atoms with Crippen LogP contribution < -0.4 is 10.6 Å². The summed E-state index contributed by atoms with van der Waals surface area (Å²) < 4.78 is 41.4. The van der Waals surface area contributed by atoms with Gasteiger partial charge in [0, 0.05) is 29.1 Å². The standard InChI is InChI=1S/C12H8Cl2N2O3.C9H13F3N2OS.C4H10O/c13-7-1-2-9(14)8(5-7)12-16-6-10(19-12)11(18)15-3-4-17;1-13-6(2-3-9(10,11)12)7(15)8-14-4-5-16-8;1-3-4(2)5/h1-2,4-6H,3H2,(H,15,18);4-7,13,15H,2-3H2,1H3;4-5H,3H2,1-2H3. The number of halogens is 5. The third-order valence-electron chi connectivity index (χ3n) is 5.02. The smallest absolute Gasteiger partial charge is 0.389 e. The quantitative estimate of drug-likeness (QED) is 0.218. The normalized spacial score (nSPS) is 13.2. The van der Waals surface area contributed by atoms with Crippen LogP contribution >= 0.6 is 34.5 Å². The topological polar surface area (TPSA) is 138 Å². The highest BCUT2D eigenvalue weighted by Gasteiger charge is 2.31. The van der Waals surface area contributed by atoms with Gasteiger partial charge in [-0.1, -0.05) is 30.1 Å². The van der Waals surface area contributed by atoms with Gasteiger partial charge in [0.05, 0.1) is 29.4 Å². The fraction of sp³-hybridized carbons (Fsp3) is 0.440. The molecule has 40 heavy (non-hydrogen) atoms. The number of hydrogen-bond acceptors (Lipinski definition) is 9. The van der Waals surface area contributed by atoms with Gasteiger partial charge in [-0.05, 0) is 45.0 Å². The number of oxazole rings is 1. The number of thiazole rings is 1. The Kier molecular flexibility index (Phi) is 16.0. The fourth-order valence-corrected chi connectivity index (χ4v) is 3.78. The molecule has 0 radical (unpaired) electrons. The van der Waals surface area contributed by atoms with E-state index in [1.54, 1.807) is 30.5 Å². The third-order valence-corrected chi connectivity index (χ3v) is 6.43. The number of aromatic nitrogens is 2. The van der Waals surface area contributed by atoms with Crippen LogP contribution in [0.1, 0.15) is 54.8 Å². The molecule has 0 fully saturated rings. The molecule has 3 aromatic rings. The van der Waals surface area contributed by atoms with Gasteiger partial charge < -0.3 is 30.1 Å². The Hall–Kier alpha value is -2.55. The Bertz CT molecular complexity index is 1160. The molecule has 3 unspecified atom stereocenters. The van der Waals surface area contributed by atoms with Crippen molar-refractivity contribution in [3.05, 3.63) is 56.8 Å². The lowest BCUT2D eigenvalue weighted by Crippen LogP contribution is -2.33. The number of nitrogens with zero attached hydrogens (tertiary/aromatic N) is 2. The molecule has 1 amide bonds. The molecule has 0 spiro atoms. The maximum absolute atomic E-state index is 12.0. The van der Waals surface area contributed by atoms with Crippen LogP contribution in [0, 0.1) is 0 Å². The van der Waals surface area contributed by atoms with Crippen LogP contribution in [0.3, 0.4) is 0 Å². The highest BCUT2D eigenvalue weighted by molar-refractivity contribution is 7.09. The molecule has 15 heteroatoms. The molecule has 2 heterocycles. The summed E-state index contributed by atoms with van der Waals surface area (Å²) in [4.78, 5) is 29.5. The predicted molar refractivity (Wildman–Crippen MR) is 148 cm³/mol. The minimum Gasteiger partial charge on any atom is -0.431 e. The molecule has 9 nitrogen and oxygen atoms in total. The van der Waals surface area contributed by atoms with E-state index in [1.165, 1.54) is 30.8 Å². The zero-order valence-corrected chi connectivity index (χ0v) is 24.2. The molecule has 2 aromatic heterocycles. The van der Waals surface area contributed by atoms with Crippen molar-refractivity contribution in [1.29, 1.82) is 0 Å². The molecule has 3 rings (SSSR count). The van der Waals surface area contributed by atoms with E-state index in [0.29, 0.717) is 26.9 Å². The van der Waals surface area contributed by atoms with Crippen LogP contribution in [0.4, 0.5) is 13.2 Å². The number of likely N-dealkylation sites (N-methyl/N-ethyl adjacent to an activating group) is 1. The van der Waals surface area contributed by atoms with E-state index in [0.717, 1.165) is 6.42 Å².